The van der Waals surface area contributed by atoms with Gasteiger partial charge < -0.3 is 8.98 Å². The Morgan fingerprint density at radius 1 is 0.441 bits per heavy atom. The summed E-state index contributed by atoms with van der Waals surface area (Å²) < 4.78 is 9.42. The molecule has 5 aromatic carbocycles. The minimum absolute atomic E-state index is 0.648. The average Bonchev–Trinajstić information content (AvgIpc) is 3.96. The fourth-order valence-corrected chi connectivity index (χ4v) is 9.61. The van der Waals surface area contributed by atoms with Gasteiger partial charge >= 0.3 is 0 Å². The van der Waals surface area contributed by atoms with E-state index in [1.807, 2.05) is 79.5 Å². The van der Waals surface area contributed by atoms with E-state index < -0.39 is 0 Å². The molecule has 0 bridgehead atoms. The molecule has 0 aliphatic heterocycles. The molecule has 7 aromatic heterocycles. The standard InChI is InChI=1S/C59H38N8O/c1-3-10-37(11-4-1)52-21-26-63-58(65-52)39-17-19-54-48(28-39)49-29-40(59-64-27-22-53(66-59)38-12-5-2-6-13-38)18-20-55(49)67(54)45-32-47(43-16-9-25-62-36-43)57-51(33-45)50-31-44(41-14-7-23-60-34-41)30-46(56(50)68-57)42-15-8-24-61-35-42/h1-5,7-12,14-36H,6,13H2. The van der Waals surface area contributed by atoms with Gasteiger partial charge in [-0.1, -0.05) is 66.8 Å². The zero-order valence-corrected chi connectivity index (χ0v) is 36.5. The summed E-state index contributed by atoms with van der Waals surface area (Å²) in [5.41, 5.74) is 16.2. The Bertz CT molecular complexity index is 3960. The number of hydrogen-bond acceptors (Lipinski definition) is 8. The monoisotopic (exact) mass is 874 g/mol. The zero-order chi connectivity index (χ0) is 45.0. The number of furan rings is 1. The van der Waals surface area contributed by atoms with Crippen LogP contribution in [0.3, 0.4) is 0 Å². The Labute approximate surface area is 390 Å². The van der Waals surface area contributed by atoms with E-state index in [1.54, 1.807) is 18.6 Å². The van der Waals surface area contributed by atoms with Gasteiger partial charge in [-0.3, -0.25) is 15.0 Å². The van der Waals surface area contributed by atoms with Crippen molar-refractivity contribution in [2.45, 2.75) is 12.8 Å². The van der Waals surface area contributed by atoms with Gasteiger partial charge in [0.1, 0.15) is 11.2 Å². The predicted molar refractivity (Wildman–Crippen MR) is 272 cm³/mol. The molecule has 1 aliphatic carbocycles. The number of hydrogen-bond donors (Lipinski definition) is 0. The first-order valence-electron chi connectivity index (χ1n) is 22.6. The molecular weight excluding hydrogens is 837 g/mol. The van der Waals surface area contributed by atoms with Crippen LogP contribution in [0.15, 0.2) is 212 Å². The molecule has 7 heterocycles. The summed E-state index contributed by atoms with van der Waals surface area (Å²) >= 11 is 0. The normalized spacial score (nSPS) is 12.6. The fourth-order valence-electron chi connectivity index (χ4n) is 9.61. The third kappa shape index (κ3) is 6.84. The summed E-state index contributed by atoms with van der Waals surface area (Å²) in [6, 6.07) is 48.3. The number of rotatable bonds is 8. The maximum Gasteiger partial charge on any atom is 0.159 e. The third-order valence-corrected chi connectivity index (χ3v) is 12.9. The second-order valence-corrected chi connectivity index (χ2v) is 17.0. The van der Waals surface area contributed by atoms with Crippen LogP contribution < -0.4 is 0 Å². The number of allylic oxidation sites excluding steroid dienone is 4. The highest BCUT2D eigenvalue weighted by molar-refractivity contribution is 6.16. The quantitative estimate of drug-likeness (QED) is 0.148. The highest BCUT2D eigenvalue weighted by Crippen LogP contribution is 2.45. The number of aromatic nitrogens is 8. The predicted octanol–water partition coefficient (Wildman–Crippen LogP) is 14.2. The van der Waals surface area contributed by atoms with Crippen molar-refractivity contribution in [3.05, 3.63) is 213 Å². The van der Waals surface area contributed by atoms with Crippen LogP contribution in [0.1, 0.15) is 18.5 Å². The van der Waals surface area contributed by atoms with Crippen molar-refractivity contribution < 1.29 is 4.42 Å². The molecule has 320 valence electrons. The highest BCUT2D eigenvalue weighted by atomic mass is 16.3. The molecule has 0 amide bonds. The van der Waals surface area contributed by atoms with Crippen LogP contribution in [0.5, 0.6) is 0 Å². The second kappa shape index (κ2) is 16.3. The van der Waals surface area contributed by atoms with Crippen LogP contribution >= 0.6 is 0 Å². The summed E-state index contributed by atoms with van der Waals surface area (Å²) in [7, 11) is 0. The minimum atomic E-state index is 0.648. The summed E-state index contributed by atoms with van der Waals surface area (Å²) in [5, 5.41) is 4.04. The number of pyridine rings is 3. The van der Waals surface area contributed by atoms with E-state index in [4.69, 9.17) is 24.4 Å². The van der Waals surface area contributed by atoms with Crippen LogP contribution in [0, 0.1) is 0 Å². The molecule has 13 rings (SSSR count). The van der Waals surface area contributed by atoms with Gasteiger partial charge in [0.25, 0.3) is 0 Å². The lowest BCUT2D eigenvalue weighted by Gasteiger charge is -2.12. The molecule has 0 saturated heterocycles. The third-order valence-electron chi connectivity index (χ3n) is 12.9. The smallest absolute Gasteiger partial charge is 0.159 e. The van der Waals surface area contributed by atoms with Crippen LogP contribution in [-0.2, 0) is 0 Å². The zero-order valence-electron chi connectivity index (χ0n) is 36.5. The van der Waals surface area contributed by atoms with Gasteiger partial charge in [0.15, 0.2) is 11.6 Å². The van der Waals surface area contributed by atoms with Gasteiger partial charge in [0.05, 0.1) is 22.4 Å². The van der Waals surface area contributed by atoms with Gasteiger partial charge in [-0.25, -0.2) is 19.9 Å². The summed E-state index contributed by atoms with van der Waals surface area (Å²) in [6.45, 7) is 0. The van der Waals surface area contributed by atoms with E-state index in [0.717, 1.165) is 124 Å². The van der Waals surface area contributed by atoms with Crippen LogP contribution in [0.25, 0.3) is 122 Å². The van der Waals surface area contributed by atoms with E-state index in [-0.39, 0.29) is 0 Å². The average molecular weight is 875 g/mol. The number of fused-ring (bicyclic) bond motifs is 6. The number of nitrogens with zero attached hydrogens (tertiary/aromatic N) is 8. The molecule has 0 N–H and O–H groups in total. The Morgan fingerprint density at radius 2 is 1.01 bits per heavy atom. The van der Waals surface area contributed by atoms with Crippen LogP contribution in [0.2, 0.25) is 0 Å². The first kappa shape index (κ1) is 39.2. The summed E-state index contributed by atoms with van der Waals surface area (Å²) in [5.74, 6) is 1.32. The van der Waals surface area contributed by atoms with Crippen molar-refractivity contribution in [3.63, 3.8) is 0 Å². The summed E-state index contributed by atoms with van der Waals surface area (Å²) in [4.78, 5) is 33.4. The van der Waals surface area contributed by atoms with E-state index in [2.05, 4.69) is 129 Å². The highest BCUT2D eigenvalue weighted by Gasteiger charge is 2.23. The van der Waals surface area contributed by atoms with Crippen molar-refractivity contribution in [2.24, 2.45) is 0 Å². The molecule has 0 spiro atoms. The molecule has 0 atom stereocenters. The molecule has 9 heteroatoms. The molecule has 12 aromatic rings. The van der Waals surface area contributed by atoms with E-state index >= 15 is 0 Å². The lowest BCUT2D eigenvalue weighted by Crippen LogP contribution is -1.97. The van der Waals surface area contributed by atoms with Gasteiger partial charge in [0, 0.05) is 121 Å². The molecule has 0 fully saturated rings. The fraction of sp³-hybridized carbons (Fsp3) is 0.0339. The molecule has 9 nitrogen and oxygen atoms in total. The molecule has 0 radical (unpaired) electrons. The van der Waals surface area contributed by atoms with E-state index in [1.165, 1.54) is 5.57 Å². The van der Waals surface area contributed by atoms with Crippen molar-refractivity contribution in [3.8, 4) is 73.1 Å². The van der Waals surface area contributed by atoms with E-state index in [9.17, 15) is 0 Å². The first-order valence-corrected chi connectivity index (χ1v) is 22.6. The van der Waals surface area contributed by atoms with Crippen molar-refractivity contribution in [1.82, 2.24) is 39.5 Å². The number of benzene rings is 5. The second-order valence-electron chi connectivity index (χ2n) is 17.0. The van der Waals surface area contributed by atoms with Crippen molar-refractivity contribution >= 4 is 49.3 Å². The maximum absolute atomic E-state index is 7.07. The topological polar surface area (TPSA) is 108 Å². The Kier molecular flexibility index (Phi) is 9.42. The summed E-state index contributed by atoms with van der Waals surface area (Å²) in [6.07, 6.45) is 23.2. The van der Waals surface area contributed by atoms with Crippen molar-refractivity contribution in [1.29, 1.82) is 0 Å². The lowest BCUT2D eigenvalue weighted by molar-refractivity contribution is 0.671. The molecule has 0 unspecified atom stereocenters. The molecule has 68 heavy (non-hydrogen) atoms. The lowest BCUT2D eigenvalue weighted by atomic mass is 9.96. The SMILES string of the molecule is C1=CCCC(c2ccnc(-c3ccc4c(c3)c3cc(-c5nccc(-c6ccccc6)n5)ccc3n4-c3cc(-c4cccnc4)c4oc5c(-c6cccnc6)cc(-c6cccnc6)cc5c4c3)n2)=C1. The molecular formula is C59H38N8O. The van der Waals surface area contributed by atoms with Gasteiger partial charge in [0.2, 0.25) is 0 Å². The minimum Gasteiger partial charge on any atom is -0.455 e. The maximum atomic E-state index is 7.07. The Hall–Kier alpha value is -9.21. The first-order chi connectivity index (χ1) is 33.7. The Morgan fingerprint density at radius 3 is 1.63 bits per heavy atom. The van der Waals surface area contributed by atoms with Gasteiger partial charge in [-0.2, -0.15) is 0 Å². The van der Waals surface area contributed by atoms with E-state index in [0.29, 0.717) is 11.6 Å². The molecule has 1 aliphatic rings. The van der Waals surface area contributed by atoms with Gasteiger partial charge in [-0.15, -0.1) is 0 Å². The largest absolute Gasteiger partial charge is 0.455 e. The van der Waals surface area contributed by atoms with Crippen LogP contribution in [-0.4, -0.2) is 39.5 Å². The van der Waals surface area contributed by atoms with Crippen molar-refractivity contribution in [2.75, 3.05) is 0 Å². The van der Waals surface area contributed by atoms with Crippen LogP contribution in [0.4, 0.5) is 0 Å². The molecule has 0 saturated carbocycles. The van der Waals surface area contributed by atoms with Gasteiger partial charge in [-0.05, 0) is 115 Å². The Balaban J connectivity index is 1.07.